The van der Waals surface area contributed by atoms with Gasteiger partial charge in [0, 0.05) is 43.5 Å². The number of aromatic hydroxyl groups is 1. The topological polar surface area (TPSA) is 95.0 Å². The minimum Gasteiger partial charge on any atom is -0.508 e. The van der Waals surface area contributed by atoms with E-state index in [-0.39, 0.29) is 17.7 Å². The summed E-state index contributed by atoms with van der Waals surface area (Å²) in [6, 6.07) is 15.9. The molecule has 5 rings (SSSR count). The Labute approximate surface area is 229 Å². The van der Waals surface area contributed by atoms with Gasteiger partial charge in [0.05, 0.1) is 18.5 Å². The highest BCUT2D eigenvalue weighted by atomic mass is 16.5. The minimum atomic E-state index is -0.231. The van der Waals surface area contributed by atoms with Gasteiger partial charge < -0.3 is 25.0 Å². The van der Waals surface area contributed by atoms with E-state index < -0.39 is 0 Å². The van der Waals surface area contributed by atoms with Crippen molar-refractivity contribution in [2.75, 3.05) is 38.1 Å². The van der Waals surface area contributed by atoms with Gasteiger partial charge in [0.1, 0.15) is 11.5 Å². The van der Waals surface area contributed by atoms with E-state index in [0.717, 1.165) is 29.2 Å². The summed E-state index contributed by atoms with van der Waals surface area (Å²) < 4.78 is 5.99. The highest BCUT2D eigenvalue weighted by Crippen LogP contribution is 2.27. The number of rotatable bonds is 7. The summed E-state index contributed by atoms with van der Waals surface area (Å²) in [5.74, 6) is 1.62. The van der Waals surface area contributed by atoms with Crippen LogP contribution in [-0.4, -0.2) is 64.6 Å². The molecule has 1 saturated heterocycles. The van der Waals surface area contributed by atoms with Crippen LogP contribution in [0.1, 0.15) is 48.9 Å². The van der Waals surface area contributed by atoms with E-state index in [4.69, 9.17) is 4.74 Å². The van der Waals surface area contributed by atoms with Gasteiger partial charge in [-0.15, -0.1) is 0 Å². The van der Waals surface area contributed by atoms with Gasteiger partial charge in [-0.25, -0.2) is 4.79 Å². The first kappa shape index (κ1) is 26.5. The Bertz CT molecular complexity index is 1280. The molecule has 1 aromatic heterocycles. The molecule has 2 aromatic carbocycles. The molecule has 2 aliphatic rings. The van der Waals surface area contributed by atoms with Crippen LogP contribution < -0.4 is 10.1 Å². The van der Waals surface area contributed by atoms with E-state index in [9.17, 15) is 14.7 Å². The van der Waals surface area contributed by atoms with Crippen LogP contribution in [0.3, 0.4) is 0 Å². The van der Waals surface area contributed by atoms with E-state index >= 15 is 0 Å². The molecule has 3 amide bonds. The smallest absolute Gasteiger partial charge is 0.322 e. The summed E-state index contributed by atoms with van der Waals surface area (Å²) in [4.78, 5) is 33.8. The number of carbonyl (C=O) groups excluding carboxylic acids is 2. The van der Waals surface area contributed by atoms with Gasteiger partial charge in [-0.1, -0.05) is 50.3 Å². The van der Waals surface area contributed by atoms with Crippen LogP contribution in [0, 0.1) is 5.92 Å². The number of hydrogen-bond donors (Lipinski definition) is 2. The molecule has 2 fully saturated rings. The molecule has 2 N–H and O–H groups in total. The SMILES string of the molecule is O=C(Nc1cncc(-c2cccc(O)c2)c1)N1CCN(C(=O)c2cccc(OCCC3CCCCC3)c2)CC1. The first-order valence-corrected chi connectivity index (χ1v) is 13.9. The van der Waals surface area contributed by atoms with Gasteiger partial charge in [-0.2, -0.15) is 0 Å². The standard InChI is InChI=1S/C31H36N4O4/c36-28-10-4-8-24(19-28)26-18-27(22-32-21-26)33-31(38)35-15-13-34(14-16-35)30(37)25-9-5-11-29(20-25)39-17-12-23-6-2-1-3-7-23/h4-5,8-11,18-23,36H,1-3,6-7,12-17H2,(H,33,38). The van der Waals surface area contributed by atoms with Crippen molar-refractivity contribution in [2.24, 2.45) is 5.92 Å². The minimum absolute atomic E-state index is 0.0456. The van der Waals surface area contributed by atoms with Crippen LogP contribution in [0.4, 0.5) is 10.5 Å². The maximum absolute atomic E-state index is 13.2. The van der Waals surface area contributed by atoms with Crippen molar-refractivity contribution in [3.63, 3.8) is 0 Å². The third-order valence-electron chi connectivity index (χ3n) is 7.62. The highest BCUT2D eigenvalue weighted by molar-refractivity contribution is 5.95. The second kappa shape index (κ2) is 12.7. The number of phenols is 1. The Morgan fingerprint density at radius 1 is 0.897 bits per heavy atom. The average Bonchev–Trinajstić information content (AvgIpc) is 2.98. The number of piperazine rings is 1. The Hall–Kier alpha value is -4.07. The summed E-state index contributed by atoms with van der Waals surface area (Å²) >= 11 is 0. The molecule has 0 unspecified atom stereocenters. The Morgan fingerprint density at radius 3 is 2.46 bits per heavy atom. The number of ether oxygens (including phenoxy) is 1. The number of anilines is 1. The van der Waals surface area contributed by atoms with Crippen molar-refractivity contribution < 1.29 is 19.4 Å². The summed E-state index contributed by atoms with van der Waals surface area (Å²) in [5.41, 5.74) is 2.78. The number of nitrogens with one attached hydrogen (secondary N) is 1. The third kappa shape index (κ3) is 7.07. The highest BCUT2D eigenvalue weighted by Gasteiger charge is 2.25. The molecular weight excluding hydrogens is 492 g/mol. The number of nitrogens with zero attached hydrogens (tertiary/aromatic N) is 3. The first-order chi connectivity index (χ1) is 19.0. The average molecular weight is 529 g/mol. The molecule has 8 heteroatoms. The zero-order valence-corrected chi connectivity index (χ0v) is 22.2. The lowest BCUT2D eigenvalue weighted by Gasteiger charge is -2.34. The Balaban J connectivity index is 1.11. The van der Waals surface area contributed by atoms with Crippen LogP contribution in [-0.2, 0) is 0 Å². The van der Waals surface area contributed by atoms with Crippen molar-refractivity contribution in [1.82, 2.24) is 14.8 Å². The summed E-state index contributed by atoms with van der Waals surface area (Å²) in [6.45, 7) is 2.48. The van der Waals surface area contributed by atoms with Crippen LogP contribution in [0.5, 0.6) is 11.5 Å². The van der Waals surface area contributed by atoms with Crippen LogP contribution >= 0.6 is 0 Å². The van der Waals surface area contributed by atoms with Crippen molar-refractivity contribution >= 4 is 17.6 Å². The zero-order chi connectivity index (χ0) is 27.0. The summed E-state index contributed by atoms with van der Waals surface area (Å²) in [7, 11) is 0. The normalized spacial score (nSPS) is 16.1. The van der Waals surface area contributed by atoms with Crippen molar-refractivity contribution in [3.05, 3.63) is 72.6 Å². The van der Waals surface area contributed by atoms with Gasteiger partial charge in [0.15, 0.2) is 0 Å². The number of carbonyl (C=O) groups is 2. The molecule has 0 bridgehead atoms. The molecule has 0 atom stereocenters. The number of pyridine rings is 1. The fourth-order valence-corrected chi connectivity index (χ4v) is 5.39. The Morgan fingerprint density at radius 2 is 1.67 bits per heavy atom. The van der Waals surface area contributed by atoms with Gasteiger partial charge in [0.25, 0.3) is 5.91 Å². The van der Waals surface area contributed by atoms with Crippen LogP contribution in [0.15, 0.2) is 67.0 Å². The number of benzene rings is 2. The van der Waals surface area contributed by atoms with Crippen LogP contribution in [0.25, 0.3) is 11.1 Å². The van der Waals surface area contributed by atoms with Crippen LogP contribution in [0.2, 0.25) is 0 Å². The first-order valence-electron chi connectivity index (χ1n) is 13.9. The zero-order valence-electron chi connectivity index (χ0n) is 22.2. The number of amides is 3. The molecule has 1 aliphatic carbocycles. The lowest BCUT2D eigenvalue weighted by Crippen LogP contribution is -2.51. The number of urea groups is 1. The van der Waals surface area contributed by atoms with Gasteiger partial charge in [-0.05, 0) is 54.3 Å². The largest absolute Gasteiger partial charge is 0.508 e. The number of phenolic OH excluding ortho intramolecular Hbond substituents is 1. The van der Waals surface area contributed by atoms with Gasteiger partial charge >= 0.3 is 6.03 Å². The molecule has 0 radical (unpaired) electrons. The fourth-order valence-electron chi connectivity index (χ4n) is 5.39. The van der Waals surface area contributed by atoms with Crippen molar-refractivity contribution in [1.29, 1.82) is 0 Å². The molecule has 0 spiro atoms. The quantitative estimate of drug-likeness (QED) is 0.405. The number of hydrogen-bond acceptors (Lipinski definition) is 5. The molecule has 8 nitrogen and oxygen atoms in total. The number of aromatic nitrogens is 1. The Kier molecular flexibility index (Phi) is 8.61. The van der Waals surface area contributed by atoms with Crippen molar-refractivity contribution in [3.8, 4) is 22.6 Å². The third-order valence-corrected chi connectivity index (χ3v) is 7.62. The molecule has 3 aromatic rings. The van der Waals surface area contributed by atoms with E-state index in [1.165, 1.54) is 32.1 Å². The fraction of sp³-hybridized carbons (Fsp3) is 0.387. The molecule has 2 heterocycles. The van der Waals surface area contributed by atoms with Gasteiger partial charge in [-0.3, -0.25) is 9.78 Å². The lowest BCUT2D eigenvalue weighted by molar-refractivity contribution is 0.0671. The molecule has 39 heavy (non-hydrogen) atoms. The van der Waals surface area contributed by atoms with E-state index in [1.54, 1.807) is 40.4 Å². The second-order valence-corrected chi connectivity index (χ2v) is 10.4. The second-order valence-electron chi connectivity index (χ2n) is 10.4. The lowest BCUT2D eigenvalue weighted by atomic mass is 9.87. The van der Waals surface area contributed by atoms with Gasteiger partial charge in [0.2, 0.25) is 0 Å². The molecule has 1 saturated carbocycles. The summed E-state index contributed by atoms with van der Waals surface area (Å²) in [6.07, 6.45) is 11.0. The maximum Gasteiger partial charge on any atom is 0.322 e. The predicted octanol–water partition coefficient (Wildman–Crippen LogP) is 5.79. The van der Waals surface area contributed by atoms with E-state index in [0.29, 0.717) is 44.0 Å². The molecule has 1 aliphatic heterocycles. The monoisotopic (exact) mass is 528 g/mol. The molecule has 204 valence electrons. The van der Waals surface area contributed by atoms with Crippen molar-refractivity contribution in [2.45, 2.75) is 38.5 Å². The predicted molar refractivity (Wildman–Crippen MR) is 151 cm³/mol. The maximum atomic E-state index is 13.2. The molecular formula is C31H36N4O4. The summed E-state index contributed by atoms with van der Waals surface area (Å²) in [5, 5.41) is 12.7. The van der Waals surface area contributed by atoms with E-state index in [2.05, 4.69) is 10.3 Å². The van der Waals surface area contributed by atoms with E-state index in [1.807, 2.05) is 36.4 Å².